The van der Waals surface area contributed by atoms with Gasteiger partial charge in [-0.25, -0.2) is 0 Å². The van der Waals surface area contributed by atoms with Gasteiger partial charge in [0.2, 0.25) is 0 Å². The zero-order valence-electron chi connectivity index (χ0n) is 30.4. The summed E-state index contributed by atoms with van der Waals surface area (Å²) in [6, 6.07) is 0. The molecule has 0 aromatic rings. The Hall–Kier alpha value is -1.49. The number of carbonyl (C=O) groups excluding carboxylic acids is 1. The summed E-state index contributed by atoms with van der Waals surface area (Å²) >= 11 is 0. The van der Waals surface area contributed by atoms with E-state index in [0.29, 0.717) is 32.1 Å². The number of aliphatic hydroxyl groups is 2. The van der Waals surface area contributed by atoms with Crippen LogP contribution in [0.25, 0.3) is 0 Å². The summed E-state index contributed by atoms with van der Waals surface area (Å²) in [6.45, 7) is 10.6. The molecule has 10 aliphatic rings. The van der Waals surface area contributed by atoms with Crippen molar-refractivity contribution in [1.82, 2.24) is 0 Å². The van der Waals surface area contributed by atoms with E-state index < -0.39 is 61.1 Å². The van der Waals surface area contributed by atoms with E-state index >= 15 is 0 Å². The van der Waals surface area contributed by atoms with Crippen LogP contribution in [0.5, 0.6) is 0 Å². The van der Waals surface area contributed by atoms with E-state index in [1.807, 2.05) is 0 Å². The molecule has 10 saturated heterocycles. The molecule has 0 radical (unpaired) electrons. The average molecular weight is 733 g/mol. The fourth-order valence-electron chi connectivity index (χ4n) is 10.8. The Morgan fingerprint density at radius 3 is 2.37 bits per heavy atom. The summed E-state index contributed by atoms with van der Waals surface area (Å²) in [5.41, 5.74) is 2.10. The lowest BCUT2D eigenvalue weighted by Gasteiger charge is -2.47. The predicted octanol–water partition coefficient (Wildman–Crippen LogP) is 2.81. The van der Waals surface area contributed by atoms with E-state index in [4.69, 9.17) is 47.4 Å². The van der Waals surface area contributed by atoms with Gasteiger partial charge in [-0.2, -0.15) is 0 Å². The van der Waals surface area contributed by atoms with Gasteiger partial charge in [0.05, 0.1) is 68.0 Å². The van der Waals surface area contributed by atoms with Gasteiger partial charge < -0.3 is 57.6 Å². The molecular formula is C39H56O13. The van der Waals surface area contributed by atoms with E-state index in [2.05, 4.69) is 20.1 Å². The molecule has 0 aromatic carbocycles. The van der Waals surface area contributed by atoms with Crippen LogP contribution in [-0.2, 0) is 52.2 Å². The highest BCUT2D eigenvalue weighted by Gasteiger charge is 2.68. The summed E-state index contributed by atoms with van der Waals surface area (Å²) in [7, 11) is 1.55. The minimum absolute atomic E-state index is 0.0122. The number of carbonyl (C=O) groups is 1. The fraction of sp³-hybridized carbons (Fsp3) is 0.872. The summed E-state index contributed by atoms with van der Waals surface area (Å²) in [4.78, 5) is 13.8. The highest BCUT2D eigenvalue weighted by Crippen LogP contribution is 2.54. The van der Waals surface area contributed by atoms with Crippen LogP contribution < -0.4 is 0 Å². The van der Waals surface area contributed by atoms with Gasteiger partial charge in [0.25, 0.3) is 0 Å². The number of ether oxygens (including phenoxy) is 10. The summed E-state index contributed by atoms with van der Waals surface area (Å²) in [5, 5.41) is 20.0. The van der Waals surface area contributed by atoms with Crippen LogP contribution >= 0.6 is 0 Å². The van der Waals surface area contributed by atoms with Gasteiger partial charge in [-0.15, -0.1) is 0 Å². The topological polar surface area (TPSA) is 150 Å². The third-order valence-electron chi connectivity index (χ3n) is 13.5. The second kappa shape index (κ2) is 14.2. The second-order valence-electron chi connectivity index (χ2n) is 16.9. The van der Waals surface area contributed by atoms with Crippen LogP contribution in [0.3, 0.4) is 0 Å². The molecule has 52 heavy (non-hydrogen) atoms. The van der Waals surface area contributed by atoms with E-state index in [9.17, 15) is 15.0 Å². The molecule has 0 saturated carbocycles. The molecule has 13 heteroatoms. The Kier molecular flexibility index (Phi) is 9.89. The predicted molar refractivity (Wildman–Crippen MR) is 181 cm³/mol. The summed E-state index contributed by atoms with van der Waals surface area (Å²) < 4.78 is 65.6. The maximum Gasteiger partial charge on any atom is 0.308 e. The number of aliphatic hydroxyl groups excluding tert-OH is 2. The lowest BCUT2D eigenvalue weighted by Crippen LogP contribution is -2.61. The van der Waals surface area contributed by atoms with Crippen LogP contribution in [0, 0.1) is 5.92 Å². The van der Waals surface area contributed by atoms with Crippen molar-refractivity contribution in [3.63, 3.8) is 0 Å². The van der Waals surface area contributed by atoms with Crippen LogP contribution in [0.15, 0.2) is 24.3 Å². The van der Waals surface area contributed by atoms with Gasteiger partial charge in [-0.1, -0.05) is 20.1 Å². The van der Waals surface area contributed by atoms with Crippen molar-refractivity contribution >= 4 is 5.97 Å². The molecule has 0 amide bonds. The van der Waals surface area contributed by atoms with E-state index in [1.54, 1.807) is 7.11 Å². The third-order valence-corrected chi connectivity index (χ3v) is 13.5. The van der Waals surface area contributed by atoms with Crippen molar-refractivity contribution in [2.75, 3.05) is 13.7 Å². The second-order valence-corrected chi connectivity index (χ2v) is 16.9. The van der Waals surface area contributed by atoms with E-state index in [1.165, 1.54) is 0 Å². The number of esters is 1. The normalized spacial score (nSPS) is 52.2. The first-order chi connectivity index (χ1) is 25.1. The highest BCUT2D eigenvalue weighted by molar-refractivity contribution is 5.70. The molecule has 10 aliphatic heterocycles. The van der Waals surface area contributed by atoms with Gasteiger partial charge in [-0.3, -0.25) is 4.79 Å². The molecule has 0 aromatic heterocycles. The minimum Gasteiger partial charge on any atom is -0.457 e. The van der Waals surface area contributed by atoms with Crippen LogP contribution in [0.2, 0.25) is 0 Å². The first-order valence-electron chi connectivity index (χ1n) is 19.8. The average Bonchev–Trinajstić information content (AvgIpc) is 3.79. The summed E-state index contributed by atoms with van der Waals surface area (Å²) in [6.07, 6.45) is 1.15. The first-order valence-corrected chi connectivity index (χ1v) is 19.8. The number of fused-ring (bicyclic) bond motifs is 6. The van der Waals surface area contributed by atoms with Crippen molar-refractivity contribution < 1.29 is 62.4 Å². The van der Waals surface area contributed by atoms with Gasteiger partial charge >= 0.3 is 5.97 Å². The SMILES string of the molecule is C=C1C[C@@H]2CC[C@@]34C[C@@H]5O[C@@H]6C(O[C@H]7CC[C@H](CC(=O)O[C@@H]8[C@H](OC)[C@H](CC(O)CO)O[C@H]8C[C@H]8O[C@@H](CC[C@@H]1O2)C[C@@H](C)C8=C)O[C@@H]7[C@@H]6O3)[C@H]5O4. The van der Waals surface area contributed by atoms with Gasteiger partial charge in [0.15, 0.2) is 11.9 Å². The molecule has 13 nitrogen and oxygen atoms in total. The lowest BCUT2D eigenvalue weighted by atomic mass is 9.84. The van der Waals surface area contributed by atoms with Crippen molar-refractivity contribution in [3.8, 4) is 0 Å². The Labute approximate surface area is 305 Å². The van der Waals surface area contributed by atoms with E-state index in [0.717, 1.165) is 43.3 Å². The summed E-state index contributed by atoms with van der Waals surface area (Å²) in [5.74, 6) is -1.01. The maximum absolute atomic E-state index is 13.8. The van der Waals surface area contributed by atoms with Crippen molar-refractivity contribution in [2.45, 2.75) is 194 Å². The Bertz CT molecular complexity index is 1380. The number of rotatable bonds is 4. The van der Waals surface area contributed by atoms with Crippen molar-refractivity contribution in [1.29, 1.82) is 0 Å². The van der Waals surface area contributed by atoms with Gasteiger partial charge in [-0.05, 0) is 62.0 Å². The van der Waals surface area contributed by atoms with Crippen LogP contribution in [-0.4, -0.2) is 139 Å². The minimum atomic E-state index is -1.01. The maximum atomic E-state index is 13.8. The molecule has 2 unspecified atom stereocenters. The molecule has 2 N–H and O–H groups in total. The van der Waals surface area contributed by atoms with Crippen LogP contribution in [0.1, 0.15) is 84.0 Å². The quantitative estimate of drug-likeness (QED) is 0.323. The van der Waals surface area contributed by atoms with Crippen molar-refractivity contribution in [2.24, 2.45) is 5.92 Å². The van der Waals surface area contributed by atoms with Crippen LogP contribution in [0.4, 0.5) is 0 Å². The standard InChI is InChI=1S/C39H56O13/c1-18-11-22-5-7-25-19(2)12-24(44-25)9-10-39-16-30-35(51-39)36-37(49-30)38(52-39)33-26(48-36)8-6-23(46-33)14-31(42)50-34-29(15-27(45-22)20(18)3)47-28(32(34)43-4)13-21(41)17-40/h18,21-30,32-38,40-41H,2-3,5-17H2,1,4H3/t18-,21?,22+,23-,24+,25+,26+,27-,28+,29+,30+,32-,33+,34+,35+,36?,37-,38+,39+/m1/s1. The molecule has 290 valence electrons. The van der Waals surface area contributed by atoms with Crippen molar-refractivity contribution in [3.05, 3.63) is 24.3 Å². The Balaban J connectivity index is 0.994. The molecular weight excluding hydrogens is 676 g/mol. The lowest BCUT2D eigenvalue weighted by molar-refractivity contribution is -0.293. The Morgan fingerprint density at radius 1 is 0.788 bits per heavy atom. The largest absolute Gasteiger partial charge is 0.457 e. The monoisotopic (exact) mass is 732 g/mol. The van der Waals surface area contributed by atoms with E-state index in [-0.39, 0.29) is 79.8 Å². The molecule has 1 spiro atoms. The number of hydrogen-bond acceptors (Lipinski definition) is 13. The molecule has 10 rings (SSSR count). The molecule has 19 atom stereocenters. The highest BCUT2D eigenvalue weighted by atomic mass is 16.8. The number of hydrogen-bond donors (Lipinski definition) is 2. The zero-order valence-corrected chi connectivity index (χ0v) is 30.4. The first kappa shape index (κ1) is 36.2. The molecule has 10 fully saturated rings. The number of methoxy groups -OCH3 is 1. The molecule has 12 bridgehead atoms. The molecule has 0 aliphatic carbocycles. The van der Waals surface area contributed by atoms with Gasteiger partial charge in [0.1, 0.15) is 42.7 Å². The Morgan fingerprint density at radius 2 is 1.54 bits per heavy atom. The third kappa shape index (κ3) is 6.53. The smallest absolute Gasteiger partial charge is 0.308 e. The molecule has 10 heterocycles. The zero-order chi connectivity index (χ0) is 35.9. The van der Waals surface area contributed by atoms with Gasteiger partial charge in [0, 0.05) is 32.8 Å². The fourth-order valence-corrected chi connectivity index (χ4v) is 10.8.